The lowest BCUT2D eigenvalue weighted by Crippen LogP contribution is -2.20. The Balaban J connectivity index is 1.71. The lowest BCUT2D eigenvalue weighted by atomic mass is 10.1. The molecular weight excluding hydrogens is 475 g/mol. The van der Waals surface area contributed by atoms with Gasteiger partial charge in [-0.15, -0.1) is 0 Å². The van der Waals surface area contributed by atoms with Crippen LogP contribution in [0.4, 0.5) is 24.0 Å². The van der Waals surface area contributed by atoms with Gasteiger partial charge in [0, 0.05) is 0 Å². The van der Waals surface area contributed by atoms with E-state index in [2.05, 4.69) is 15.0 Å². The minimum absolute atomic E-state index is 0.150. The van der Waals surface area contributed by atoms with E-state index in [1.54, 1.807) is 37.3 Å². The molecular formula is C22H16F3N3O3S2. The van der Waals surface area contributed by atoms with Gasteiger partial charge >= 0.3 is 6.18 Å². The molecule has 2 N–H and O–H groups in total. The van der Waals surface area contributed by atoms with Crippen LogP contribution in [0.2, 0.25) is 0 Å². The van der Waals surface area contributed by atoms with Crippen molar-refractivity contribution in [1.29, 1.82) is 0 Å². The Labute approximate surface area is 191 Å². The van der Waals surface area contributed by atoms with Gasteiger partial charge in [0.25, 0.3) is 15.9 Å². The summed E-state index contributed by atoms with van der Waals surface area (Å²) in [5, 5.41) is 2.76. The van der Waals surface area contributed by atoms with Gasteiger partial charge in [0.1, 0.15) is 0 Å². The summed E-state index contributed by atoms with van der Waals surface area (Å²) >= 11 is 1.18. The third kappa shape index (κ3) is 4.99. The van der Waals surface area contributed by atoms with Crippen LogP contribution < -0.4 is 10.0 Å². The highest BCUT2D eigenvalue weighted by Gasteiger charge is 2.32. The second kappa shape index (κ2) is 8.49. The number of carbonyl (C=O) groups excluding carboxylic acids is 1. The molecule has 170 valence electrons. The number of para-hydroxylation sites is 1. The summed E-state index contributed by atoms with van der Waals surface area (Å²) in [7, 11) is -4.25. The monoisotopic (exact) mass is 491 g/mol. The number of thiazole rings is 1. The zero-order valence-electron chi connectivity index (χ0n) is 17.0. The van der Waals surface area contributed by atoms with Crippen LogP contribution in [0.3, 0.4) is 0 Å². The molecule has 0 radical (unpaired) electrons. The number of aryl methyl sites for hydroxylation is 1. The Morgan fingerprint density at radius 1 is 1.00 bits per heavy atom. The molecule has 0 spiro atoms. The third-order valence-electron chi connectivity index (χ3n) is 4.68. The molecule has 6 nitrogen and oxygen atoms in total. The van der Waals surface area contributed by atoms with E-state index < -0.39 is 33.4 Å². The van der Waals surface area contributed by atoms with Crippen molar-refractivity contribution in [2.45, 2.75) is 18.0 Å². The highest BCUT2D eigenvalue weighted by atomic mass is 32.2. The van der Waals surface area contributed by atoms with E-state index in [0.717, 1.165) is 22.4 Å². The van der Waals surface area contributed by atoms with Gasteiger partial charge in [-0.2, -0.15) is 13.2 Å². The summed E-state index contributed by atoms with van der Waals surface area (Å²) in [6, 6.07) is 15.2. The van der Waals surface area contributed by atoms with Crippen LogP contribution in [0, 0.1) is 6.92 Å². The molecule has 0 aliphatic rings. The summed E-state index contributed by atoms with van der Waals surface area (Å²) in [6.07, 6.45) is -4.73. The smallest absolute Gasteiger partial charge is 0.298 e. The van der Waals surface area contributed by atoms with Crippen molar-refractivity contribution >= 4 is 48.3 Å². The number of rotatable bonds is 5. The van der Waals surface area contributed by atoms with Gasteiger partial charge in [0.05, 0.1) is 31.9 Å². The fourth-order valence-electron chi connectivity index (χ4n) is 3.01. The molecule has 0 saturated heterocycles. The van der Waals surface area contributed by atoms with E-state index in [9.17, 15) is 26.4 Å². The maximum atomic E-state index is 13.3. The highest BCUT2D eigenvalue weighted by Crippen LogP contribution is 2.34. The van der Waals surface area contributed by atoms with Gasteiger partial charge in [-0.05, 0) is 49.4 Å². The molecule has 1 heterocycles. The Morgan fingerprint density at radius 3 is 2.36 bits per heavy atom. The topological polar surface area (TPSA) is 88.2 Å². The minimum Gasteiger partial charge on any atom is -0.298 e. The molecule has 4 aromatic rings. The number of aromatic nitrogens is 1. The zero-order chi connectivity index (χ0) is 23.8. The molecule has 11 heteroatoms. The summed E-state index contributed by atoms with van der Waals surface area (Å²) < 4.78 is 68.3. The second-order valence-corrected chi connectivity index (χ2v) is 9.83. The molecule has 1 amide bonds. The SMILES string of the molecule is Cc1ccc(S(=O)(=O)Nc2cc(C(F)(F)F)ccc2C(=O)Nc2nc3ccccc3s2)cc1. The van der Waals surface area contributed by atoms with Crippen LogP contribution in [0.25, 0.3) is 10.2 Å². The lowest BCUT2D eigenvalue weighted by Gasteiger charge is -2.15. The Morgan fingerprint density at radius 2 is 1.70 bits per heavy atom. The summed E-state index contributed by atoms with van der Waals surface area (Å²) in [5.41, 5.74) is -0.419. The number of benzene rings is 3. The fraction of sp³-hybridized carbons (Fsp3) is 0.0909. The molecule has 0 unspecified atom stereocenters. The average molecular weight is 492 g/mol. The first-order valence-electron chi connectivity index (χ1n) is 9.50. The first-order valence-corrected chi connectivity index (χ1v) is 11.8. The molecule has 4 rings (SSSR count). The van der Waals surface area contributed by atoms with Crippen LogP contribution in [-0.2, 0) is 16.2 Å². The van der Waals surface area contributed by atoms with Crippen LogP contribution in [0.5, 0.6) is 0 Å². The van der Waals surface area contributed by atoms with Crippen molar-refractivity contribution in [3.05, 3.63) is 83.4 Å². The number of alkyl halides is 3. The third-order valence-corrected chi connectivity index (χ3v) is 7.01. The standard InChI is InChI=1S/C22H16F3N3O3S2/c1-13-6-9-15(10-7-13)33(30,31)28-18-12-14(22(23,24)25)8-11-16(18)20(29)27-21-26-17-4-2-3-5-19(17)32-21/h2-12,28H,1H3,(H,26,27,29). The predicted molar refractivity (Wildman–Crippen MR) is 121 cm³/mol. The molecule has 0 saturated carbocycles. The summed E-state index contributed by atoms with van der Waals surface area (Å²) in [4.78, 5) is 17.0. The molecule has 0 aliphatic carbocycles. The number of halogens is 3. The van der Waals surface area contributed by atoms with E-state index >= 15 is 0 Å². The number of amides is 1. The molecule has 3 aromatic carbocycles. The van der Waals surface area contributed by atoms with E-state index in [-0.39, 0.29) is 15.6 Å². The first-order chi connectivity index (χ1) is 15.5. The average Bonchev–Trinajstić information content (AvgIpc) is 3.15. The van der Waals surface area contributed by atoms with Gasteiger partial charge in [-0.25, -0.2) is 13.4 Å². The summed E-state index contributed by atoms with van der Waals surface area (Å²) in [5.74, 6) is -0.801. The number of nitrogens with zero attached hydrogens (tertiary/aromatic N) is 1. The lowest BCUT2D eigenvalue weighted by molar-refractivity contribution is -0.137. The Hall–Kier alpha value is -3.44. The molecule has 0 aliphatic heterocycles. The molecule has 0 atom stereocenters. The number of carbonyl (C=O) groups is 1. The number of hydrogen-bond donors (Lipinski definition) is 2. The fourth-order valence-corrected chi connectivity index (χ4v) is 4.95. The van der Waals surface area contributed by atoms with Gasteiger partial charge in [-0.1, -0.05) is 41.2 Å². The highest BCUT2D eigenvalue weighted by molar-refractivity contribution is 7.92. The minimum atomic E-state index is -4.73. The van der Waals surface area contributed by atoms with Crippen molar-refractivity contribution in [2.24, 2.45) is 0 Å². The zero-order valence-corrected chi connectivity index (χ0v) is 18.6. The van der Waals surface area contributed by atoms with E-state index in [1.807, 2.05) is 6.07 Å². The number of nitrogens with one attached hydrogen (secondary N) is 2. The quantitative estimate of drug-likeness (QED) is 0.376. The number of sulfonamides is 1. The second-order valence-electron chi connectivity index (χ2n) is 7.12. The maximum Gasteiger partial charge on any atom is 0.416 e. The van der Waals surface area contributed by atoms with Crippen molar-refractivity contribution in [3.63, 3.8) is 0 Å². The maximum absolute atomic E-state index is 13.3. The van der Waals surface area contributed by atoms with Gasteiger partial charge < -0.3 is 0 Å². The Bertz CT molecular complexity index is 1410. The van der Waals surface area contributed by atoms with Gasteiger partial charge in [-0.3, -0.25) is 14.8 Å². The predicted octanol–water partition coefficient (Wildman–Crippen LogP) is 5.68. The summed E-state index contributed by atoms with van der Waals surface area (Å²) in [6.45, 7) is 1.76. The van der Waals surface area contributed by atoms with Crippen molar-refractivity contribution in [2.75, 3.05) is 10.0 Å². The normalized spacial score (nSPS) is 12.0. The molecule has 33 heavy (non-hydrogen) atoms. The first kappa shape index (κ1) is 22.7. The Kier molecular flexibility index (Phi) is 5.85. The van der Waals surface area contributed by atoms with Gasteiger partial charge in [0.15, 0.2) is 5.13 Å². The number of anilines is 2. The van der Waals surface area contributed by atoms with Crippen LogP contribution in [0.1, 0.15) is 21.5 Å². The van der Waals surface area contributed by atoms with Gasteiger partial charge in [0.2, 0.25) is 0 Å². The van der Waals surface area contributed by atoms with Crippen LogP contribution in [0.15, 0.2) is 71.6 Å². The number of hydrogen-bond acceptors (Lipinski definition) is 5. The van der Waals surface area contributed by atoms with Crippen LogP contribution in [-0.4, -0.2) is 19.3 Å². The van der Waals surface area contributed by atoms with Crippen LogP contribution >= 0.6 is 11.3 Å². The molecule has 0 bridgehead atoms. The van der Waals surface area contributed by atoms with Crippen molar-refractivity contribution in [1.82, 2.24) is 4.98 Å². The van der Waals surface area contributed by atoms with E-state index in [1.165, 1.54) is 23.5 Å². The number of fused-ring (bicyclic) bond motifs is 1. The van der Waals surface area contributed by atoms with E-state index in [4.69, 9.17) is 0 Å². The molecule has 1 aromatic heterocycles. The van der Waals surface area contributed by atoms with E-state index in [0.29, 0.717) is 11.6 Å². The van der Waals surface area contributed by atoms with Crippen molar-refractivity contribution < 1.29 is 26.4 Å². The molecule has 0 fully saturated rings. The van der Waals surface area contributed by atoms with Crippen molar-refractivity contribution in [3.8, 4) is 0 Å². The largest absolute Gasteiger partial charge is 0.416 e.